The number of ketones is 4. The highest BCUT2D eigenvalue weighted by molar-refractivity contribution is 5.90. The van der Waals surface area contributed by atoms with E-state index in [-0.39, 0.29) is 49.0 Å². The summed E-state index contributed by atoms with van der Waals surface area (Å²) >= 11 is 0. The summed E-state index contributed by atoms with van der Waals surface area (Å²) in [7, 11) is 0. The molecule has 1 atom stereocenters. The van der Waals surface area contributed by atoms with Crippen LogP contribution in [-0.2, 0) is 38.2 Å². The highest BCUT2D eigenvalue weighted by Crippen LogP contribution is 2.22. The van der Waals surface area contributed by atoms with Crippen LogP contribution >= 0.6 is 0 Å². The molecule has 0 heterocycles. The molecule has 9 nitrogen and oxygen atoms in total. The zero-order valence-electron chi connectivity index (χ0n) is 57.8. The van der Waals surface area contributed by atoms with Crippen molar-refractivity contribution in [2.45, 2.75) is 334 Å². The van der Waals surface area contributed by atoms with Crippen molar-refractivity contribution >= 4 is 29.1 Å². The van der Waals surface area contributed by atoms with Crippen LogP contribution < -0.4 is 0 Å². The molecule has 0 aromatic heterocycles. The maximum Gasteiger partial charge on any atom is 0.320 e. The Bertz CT molecular complexity index is 1720. The van der Waals surface area contributed by atoms with Crippen LogP contribution in [0.2, 0.25) is 0 Å². The molecule has 502 valence electrons. The Kier molecular flexibility index (Phi) is 77.5. The van der Waals surface area contributed by atoms with E-state index in [9.17, 15) is 24.0 Å². The summed E-state index contributed by atoms with van der Waals surface area (Å²) in [5.74, 6) is 3.03. The topological polar surface area (TPSA) is 116 Å². The fourth-order valence-electron chi connectivity index (χ4n) is 9.36. The van der Waals surface area contributed by atoms with Crippen molar-refractivity contribution in [1.82, 2.24) is 4.90 Å². The van der Waals surface area contributed by atoms with Gasteiger partial charge in [0.2, 0.25) is 0 Å². The second-order valence-electron chi connectivity index (χ2n) is 23.8. The van der Waals surface area contributed by atoms with E-state index >= 15 is 0 Å². The fraction of sp³-hybridized carbons (Fsp3) is 0.779. The van der Waals surface area contributed by atoms with Crippen molar-refractivity contribution in [3.63, 3.8) is 0 Å². The maximum atomic E-state index is 12.8. The van der Waals surface area contributed by atoms with Crippen LogP contribution in [0.4, 0.5) is 0 Å². The van der Waals surface area contributed by atoms with Gasteiger partial charge in [-0.25, -0.2) is 0 Å². The van der Waals surface area contributed by atoms with Crippen LogP contribution in [-0.4, -0.2) is 73.5 Å². The molecular weight excluding hydrogens is 1070 g/mol. The first kappa shape index (κ1) is 90.7. The minimum Gasteiger partial charge on any atom is -0.489 e. The number of rotatable bonds is 51. The van der Waals surface area contributed by atoms with E-state index in [0.717, 1.165) is 57.3 Å². The Morgan fingerprint density at radius 2 is 0.965 bits per heavy atom. The normalized spacial score (nSPS) is 12.2. The molecule has 0 aliphatic heterocycles. The summed E-state index contributed by atoms with van der Waals surface area (Å²) in [5, 5.41) is 0. The number of Topliss-reactive ketones (excluding diaryl/α,β-unsaturated/α-hetero) is 1. The highest BCUT2D eigenvalue weighted by Gasteiger charge is 2.20. The summed E-state index contributed by atoms with van der Waals surface area (Å²) < 4.78 is 17.7. The minimum absolute atomic E-state index is 0. The third-order valence-corrected chi connectivity index (χ3v) is 14.9. The van der Waals surface area contributed by atoms with Crippen LogP contribution in [0.5, 0.6) is 0 Å². The summed E-state index contributed by atoms with van der Waals surface area (Å²) in [5.41, 5.74) is 5.81. The smallest absolute Gasteiger partial charge is 0.320 e. The van der Waals surface area contributed by atoms with Gasteiger partial charge in [-0.1, -0.05) is 293 Å². The Morgan fingerprint density at radius 3 is 1.40 bits per heavy atom. The van der Waals surface area contributed by atoms with Gasteiger partial charge in [-0.05, 0) is 88.4 Å². The number of hydrogen-bond donors (Lipinski definition) is 0. The first-order valence-corrected chi connectivity index (χ1v) is 35.1. The lowest BCUT2D eigenvalue weighted by Gasteiger charge is -2.24. The summed E-state index contributed by atoms with van der Waals surface area (Å²) in [6.45, 7) is 36.4. The monoisotopic (exact) mass is 1210 g/mol. The van der Waals surface area contributed by atoms with E-state index < -0.39 is 0 Å². The highest BCUT2D eigenvalue weighted by atomic mass is 16.5. The van der Waals surface area contributed by atoms with Gasteiger partial charge in [-0.2, -0.15) is 0 Å². The molecule has 1 aliphatic carbocycles. The third-order valence-electron chi connectivity index (χ3n) is 14.9. The number of esters is 1. The van der Waals surface area contributed by atoms with Crippen molar-refractivity contribution < 1.29 is 38.2 Å². The predicted octanol–water partition coefficient (Wildman–Crippen LogP) is 22.7. The first-order chi connectivity index (χ1) is 41.2. The van der Waals surface area contributed by atoms with E-state index in [4.69, 9.17) is 14.2 Å². The Labute approximate surface area is 534 Å². The van der Waals surface area contributed by atoms with Crippen molar-refractivity contribution in [1.29, 1.82) is 0 Å². The average molecular weight is 1210 g/mol. The molecule has 0 bridgehead atoms. The lowest BCUT2D eigenvalue weighted by Crippen LogP contribution is -2.35. The molecule has 1 saturated carbocycles. The van der Waals surface area contributed by atoms with Crippen molar-refractivity contribution in [2.24, 2.45) is 17.8 Å². The molecule has 1 aliphatic rings. The SMILES string of the molecule is C.C=C=C(CN(CC(=O)OCCCCCCCC)CC(=C=C)OC[C@H](CCC(C)C)CC(=O)C=C)OCCCCCCCC.CC.CC1CCCCCC1.CCCCCCCC/C=C\C(=O)CC.CCCCCCCC/C=C\C(=O)CCCC(C)=O. The van der Waals surface area contributed by atoms with Gasteiger partial charge in [-0.3, -0.25) is 24.1 Å². The predicted molar refractivity (Wildman–Crippen MR) is 373 cm³/mol. The van der Waals surface area contributed by atoms with Gasteiger partial charge >= 0.3 is 5.97 Å². The lowest BCUT2D eigenvalue weighted by atomic mass is 9.94. The Hall–Kier alpha value is -4.03. The van der Waals surface area contributed by atoms with Crippen LogP contribution in [0.3, 0.4) is 0 Å². The molecule has 0 unspecified atom stereocenters. The number of carbonyl (C=O) groups excluding carboxylic acids is 5. The number of allylic oxidation sites excluding steroid dienone is 5. The van der Waals surface area contributed by atoms with Crippen LogP contribution in [0, 0.1) is 17.8 Å². The molecule has 0 amide bonds. The maximum absolute atomic E-state index is 12.8. The molecule has 0 aromatic carbocycles. The first-order valence-electron chi connectivity index (χ1n) is 35.1. The second kappa shape index (κ2) is 73.4. The van der Waals surface area contributed by atoms with Crippen LogP contribution in [0.1, 0.15) is 334 Å². The Morgan fingerprint density at radius 1 is 0.535 bits per heavy atom. The van der Waals surface area contributed by atoms with Crippen molar-refractivity contribution in [2.75, 3.05) is 39.5 Å². The molecule has 9 heteroatoms. The molecule has 86 heavy (non-hydrogen) atoms. The number of nitrogens with zero attached hydrogens (tertiary/aromatic N) is 1. The van der Waals surface area contributed by atoms with Crippen molar-refractivity contribution in [3.05, 3.63) is 73.1 Å². The zero-order chi connectivity index (χ0) is 64.2. The van der Waals surface area contributed by atoms with Gasteiger partial charge < -0.3 is 19.0 Å². The lowest BCUT2D eigenvalue weighted by molar-refractivity contribution is -0.145. The molecule has 1 fully saturated rings. The molecule has 1 rings (SSSR count). The van der Waals surface area contributed by atoms with E-state index in [1.807, 2.05) is 37.8 Å². The second-order valence-corrected chi connectivity index (χ2v) is 23.8. The third kappa shape index (κ3) is 72.4. The number of ether oxygens (including phenoxy) is 3. The molecule has 0 aromatic rings. The summed E-state index contributed by atoms with van der Waals surface area (Å²) in [4.78, 5) is 59.8. The van der Waals surface area contributed by atoms with Crippen LogP contribution in [0.25, 0.3) is 0 Å². The van der Waals surface area contributed by atoms with Crippen molar-refractivity contribution in [3.8, 4) is 0 Å². The number of hydrogen-bond acceptors (Lipinski definition) is 9. The van der Waals surface area contributed by atoms with Gasteiger partial charge in [0, 0.05) is 31.6 Å². The number of carbonyl (C=O) groups is 5. The van der Waals surface area contributed by atoms with E-state index in [0.29, 0.717) is 82.5 Å². The minimum atomic E-state index is -0.289. The van der Waals surface area contributed by atoms with Gasteiger partial charge in [0.1, 0.15) is 5.78 Å². The molecule has 0 radical (unpaired) electrons. The average Bonchev–Trinajstić information content (AvgIpc) is 3.76. The van der Waals surface area contributed by atoms with E-state index in [1.54, 1.807) is 19.1 Å². The standard InChI is InChI=1S/C37H63NO5.C16H28O2.C13H24O.C8H16.C2H6.CH4/c1-8-13-15-17-19-21-25-41-35(11-4)28-38(30-37(40)42-26-22-20-18-16-14-9-2)29-36(12-5)43-31-33(24-23-32(6)7)27-34(39)10-3;1-3-4-5-6-7-8-9-10-13-16(18)14-11-12-15(2)17;1-3-5-6-7-8-9-10-11-12-13(14)4-2;1-8-6-4-2-3-5-7-8;1-2;/h10,32-33H,3-5,8-9,13-31H2,1-2,6-7H3;10,13H,3-9,11-12,14H2,1-2H3;11-12H,3-10H2,1-2H3;8H,2-7H2,1H3;1-2H3;1H4/b;13-10-;12-11-;;;/t33-;;;;;/m1...../s1. The van der Waals surface area contributed by atoms with E-state index in [2.05, 4.69) is 79.7 Å². The van der Waals surface area contributed by atoms with Gasteiger partial charge in [0.15, 0.2) is 28.9 Å². The van der Waals surface area contributed by atoms with Gasteiger partial charge in [0.05, 0.1) is 39.5 Å². The van der Waals surface area contributed by atoms with Crippen LogP contribution in [0.15, 0.2) is 73.1 Å². The Balaban J connectivity index is -0.000000411. The quantitative estimate of drug-likeness (QED) is 0.0147. The molecular formula is C77H141NO8. The summed E-state index contributed by atoms with van der Waals surface area (Å²) in [6.07, 6.45) is 53.9. The molecule has 0 N–H and O–H groups in total. The molecule has 0 saturated heterocycles. The van der Waals surface area contributed by atoms with Gasteiger partial charge in [0.25, 0.3) is 0 Å². The number of unbranched alkanes of at least 4 members (excludes halogenated alkanes) is 22. The van der Waals surface area contributed by atoms with Gasteiger partial charge in [-0.15, -0.1) is 0 Å². The largest absolute Gasteiger partial charge is 0.489 e. The summed E-state index contributed by atoms with van der Waals surface area (Å²) in [6, 6.07) is 0. The fourth-order valence-corrected chi connectivity index (χ4v) is 9.36. The molecule has 0 spiro atoms. The zero-order valence-corrected chi connectivity index (χ0v) is 57.8. The van der Waals surface area contributed by atoms with E-state index in [1.165, 1.54) is 173 Å².